The maximum absolute atomic E-state index is 5.97. The van der Waals surface area contributed by atoms with Gasteiger partial charge in [-0.3, -0.25) is 0 Å². The van der Waals surface area contributed by atoms with E-state index in [-0.39, 0.29) is 0 Å². The third kappa shape index (κ3) is 5.75. The second-order valence-corrected chi connectivity index (χ2v) is 8.13. The van der Waals surface area contributed by atoms with Crippen LogP contribution >= 0.6 is 11.3 Å². The van der Waals surface area contributed by atoms with Crippen LogP contribution in [0, 0.1) is 0 Å². The summed E-state index contributed by atoms with van der Waals surface area (Å²) in [5, 5.41) is 6.08. The van der Waals surface area contributed by atoms with E-state index >= 15 is 0 Å². The minimum atomic E-state index is 0.547. The molecule has 0 aliphatic carbocycles. The minimum absolute atomic E-state index is 0.547. The van der Waals surface area contributed by atoms with Gasteiger partial charge in [-0.05, 0) is 31.2 Å². The van der Waals surface area contributed by atoms with Crippen LogP contribution in [0.1, 0.15) is 13.3 Å². The number of thiazole rings is 1. The summed E-state index contributed by atoms with van der Waals surface area (Å²) in [6.45, 7) is 9.87. The second-order valence-electron chi connectivity index (χ2n) is 7.23. The van der Waals surface area contributed by atoms with E-state index < -0.39 is 0 Å². The predicted octanol–water partition coefficient (Wildman–Crippen LogP) is 3.75. The standard InChI is InChI=1S/C22H28N6OS/c1-2-27-11-13-28(14-12-27)10-4-15-29-19-6-3-5-18(17-19)25-22-24-8-7-20(26-22)21-23-9-16-30-21/h3,5-9,16-17H,2,4,10-15H2,1H3,(H,24,25,26). The molecule has 1 saturated heterocycles. The van der Waals surface area contributed by atoms with Crippen molar-refractivity contribution in [2.75, 3.05) is 51.2 Å². The summed E-state index contributed by atoms with van der Waals surface area (Å²) < 4.78 is 5.97. The highest BCUT2D eigenvalue weighted by Gasteiger charge is 2.14. The number of hydrogen-bond acceptors (Lipinski definition) is 8. The quantitative estimate of drug-likeness (QED) is 0.525. The molecule has 2 aromatic heterocycles. The summed E-state index contributed by atoms with van der Waals surface area (Å²) in [6.07, 6.45) is 4.55. The second kappa shape index (κ2) is 10.5. The van der Waals surface area contributed by atoms with Gasteiger partial charge in [0.25, 0.3) is 0 Å². The molecule has 0 radical (unpaired) electrons. The summed E-state index contributed by atoms with van der Waals surface area (Å²) >= 11 is 1.56. The zero-order valence-corrected chi connectivity index (χ0v) is 18.1. The average Bonchev–Trinajstić information content (AvgIpc) is 3.33. The Balaban J connectivity index is 1.26. The molecule has 0 saturated carbocycles. The third-order valence-corrected chi connectivity index (χ3v) is 5.99. The lowest BCUT2D eigenvalue weighted by molar-refractivity contribution is 0.130. The van der Waals surface area contributed by atoms with Gasteiger partial charge in [0.15, 0.2) is 0 Å². The molecule has 30 heavy (non-hydrogen) atoms. The number of aromatic nitrogens is 3. The Morgan fingerprint density at radius 2 is 1.93 bits per heavy atom. The Kier molecular flexibility index (Phi) is 7.23. The monoisotopic (exact) mass is 424 g/mol. The molecule has 0 amide bonds. The minimum Gasteiger partial charge on any atom is -0.493 e. The molecule has 7 nitrogen and oxygen atoms in total. The normalized spacial score (nSPS) is 15.2. The maximum atomic E-state index is 5.97. The molecule has 1 aliphatic heterocycles. The van der Waals surface area contributed by atoms with Crippen molar-refractivity contribution in [1.82, 2.24) is 24.8 Å². The van der Waals surface area contributed by atoms with Crippen LogP contribution < -0.4 is 10.1 Å². The fourth-order valence-corrected chi connectivity index (χ4v) is 4.09. The highest BCUT2D eigenvalue weighted by molar-refractivity contribution is 7.13. The molecule has 0 bridgehead atoms. The summed E-state index contributed by atoms with van der Waals surface area (Å²) in [5.41, 5.74) is 1.72. The molecule has 1 aromatic carbocycles. The van der Waals surface area contributed by atoms with Gasteiger partial charge in [-0.25, -0.2) is 15.0 Å². The smallest absolute Gasteiger partial charge is 0.227 e. The number of nitrogens with zero attached hydrogens (tertiary/aromatic N) is 5. The first-order chi connectivity index (χ1) is 14.8. The highest BCUT2D eigenvalue weighted by Crippen LogP contribution is 2.23. The van der Waals surface area contributed by atoms with Gasteiger partial charge in [0.05, 0.1) is 6.61 Å². The van der Waals surface area contributed by atoms with Crippen molar-refractivity contribution in [2.24, 2.45) is 0 Å². The van der Waals surface area contributed by atoms with Crippen LogP contribution in [-0.2, 0) is 0 Å². The number of benzene rings is 1. The van der Waals surface area contributed by atoms with Crippen molar-refractivity contribution in [2.45, 2.75) is 13.3 Å². The lowest BCUT2D eigenvalue weighted by atomic mass is 10.3. The number of hydrogen-bond donors (Lipinski definition) is 1. The lowest BCUT2D eigenvalue weighted by Crippen LogP contribution is -2.46. The Morgan fingerprint density at radius 1 is 1.07 bits per heavy atom. The average molecular weight is 425 g/mol. The largest absolute Gasteiger partial charge is 0.493 e. The lowest BCUT2D eigenvalue weighted by Gasteiger charge is -2.33. The van der Waals surface area contributed by atoms with Crippen molar-refractivity contribution in [1.29, 1.82) is 0 Å². The van der Waals surface area contributed by atoms with Crippen LogP contribution in [0.15, 0.2) is 48.1 Å². The van der Waals surface area contributed by atoms with Gasteiger partial charge in [-0.1, -0.05) is 13.0 Å². The molecule has 4 rings (SSSR count). The van der Waals surface area contributed by atoms with E-state index in [0.717, 1.165) is 54.7 Å². The summed E-state index contributed by atoms with van der Waals surface area (Å²) in [5.74, 6) is 1.40. The SMILES string of the molecule is CCN1CCN(CCCOc2cccc(Nc3nccc(-c4nccs4)n3)c2)CC1. The van der Waals surface area contributed by atoms with Gasteiger partial charge >= 0.3 is 0 Å². The first kappa shape index (κ1) is 20.7. The van der Waals surface area contributed by atoms with Crippen LogP contribution in [0.3, 0.4) is 0 Å². The molecule has 0 unspecified atom stereocenters. The Hall–Kier alpha value is -2.55. The fourth-order valence-electron chi connectivity index (χ4n) is 3.49. The van der Waals surface area contributed by atoms with E-state index in [2.05, 4.69) is 37.0 Å². The summed E-state index contributed by atoms with van der Waals surface area (Å²) in [7, 11) is 0. The van der Waals surface area contributed by atoms with Gasteiger partial charge in [0.2, 0.25) is 5.95 Å². The number of ether oxygens (including phenoxy) is 1. The Labute approximate surface area is 181 Å². The Morgan fingerprint density at radius 3 is 2.73 bits per heavy atom. The van der Waals surface area contributed by atoms with Crippen LogP contribution in [0.4, 0.5) is 11.6 Å². The van der Waals surface area contributed by atoms with Crippen molar-refractivity contribution in [3.8, 4) is 16.5 Å². The zero-order chi connectivity index (χ0) is 20.6. The molecule has 1 aliphatic rings. The van der Waals surface area contributed by atoms with Gasteiger partial charge in [0, 0.05) is 62.3 Å². The van der Waals surface area contributed by atoms with E-state index in [9.17, 15) is 0 Å². The van der Waals surface area contributed by atoms with Crippen molar-refractivity contribution in [3.63, 3.8) is 0 Å². The van der Waals surface area contributed by atoms with Crippen molar-refractivity contribution in [3.05, 3.63) is 48.1 Å². The van der Waals surface area contributed by atoms with Crippen LogP contribution in [0.2, 0.25) is 0 Å². The van der Waals surface area contributed by atoms with Gasteiger partial charge in [-0.2, -0.15) is 0 Å². The van der Waals surface area contributed by atoms with Crippen molar-refractivity contribution >= 4 is 23.0 Å². The molecule has 158 valence electrons. The number of likely N-dealkylation sites (N-methyl/N-ethyl adjacent to an activating group) is 1. The van der Waals surface area contributed by atoms with Gasteiger partial charge < -0.3 is 19.9 Å². The van der Waals surface area contributed by atoms with Crippen LogP contribution in [0.5, 0.6) is 5.75 Å². The zero-order valence-electron chi connectivity index (χ0n) is 17.3. The number of anilines is 2. The number of rotatable bonds is 9. The maximum Gasteiger partial charge on any atom is 0.227 e. The van der Waals surface area contributed by atoms with Crippen LogP contribution in [0.25, 0.3) is 10.7 Å². The molecular formula is C22H28N6OS. The molecular weight excluding hydrogens is 396 g/mol. The topological polar surface area (TPSA) is 66.4 Å². The third-order valence-electron chi connectivity index (χ3n) is 5.20. The molecule has 0 atom stereocenters. The summed E-state index contributed by atoms with van der Waals surface area (Å²) in [4.78, 5) is 18.2. The molecule has 1 fully saturated rings. The first-order valence-corrected chi connectivity index (χ1v) is 11.4. The number of piperazine rings is 1. The molecule has 1 N–H and O–H groups in total. The van der Waals surface area contributed by atoms with Crippen LogP contribution in [-0.4, -0.2) is 70.6 Å². The van der Waals surface area contributed by atoms with E-state index in [1.54, 1.807) is 23.7 Å². The van der Waals surface area contributed by atoms with E-state index in [1.165, 1.54) is 13.1 Å². The van der Waals surface area contributed by atoms with E-state index in [4.69, 9.17) is 4.74 Å². The van der Waals surface area contributed by atoms with E-state index in [1.807, 2.05) is 35.7 Å². The predicted molar refractivity (Wildman–Crippen MR) is 122 cm³/mol. The van der Waals surface area contributed by atoms with Crippen molar-refractivity contribution < 1.29 is 4.74 Å². The first-order valence-electron chi connectivity index (χ1n) is 10.5. The molecule has 3 heterocycles. The van der Waals surface area contributed by atoms with Gasteiger partial charge in [-0.15, -0.1) is 11.3 Å². The Bertz CT molecular complexity index is 912. The number of nitrogens with one attached hydrogen (secondary N) is 1. The molecule has 8 heteroatoms. The van der Waals surface area contributed by atoms with Gasteiger partial charge in [0.1, 0.15) is 16.5 Å². The fraction of sp³-hybridized carbons (Fsp3) is 0.409. The summed E-state index contributed by atoms with van der Waals surface area (Å²) in [6, 6.07) is 9.80. The molecule has 0 spiro atoms. The molecule has 3 aromatic rings. The van der Waals surface area contributed by atoms with E-state index in [0.29, 0.717) is 12.6 Å². The highest BCUT2D eigenvalue weighted by atomic mass is 32.1.